The molecule has 23 heavy (non-hydrogen) atoms. The van der Waals surface area contributed by atoms with Gasteiger partial charge in [-0.15, -0.1) is 0 Å². The molecule has 2 amide bonds. The zero-order chi connectivity index (χ0) is 16.8. The number of carbonyl (C=O) groups excluding carboxylic acids is 1. The van der Waals surface area contributed by atoms with Crippen LogP contribution in [0.3, 0.4) is 0 Å². The van der Waals surface area contributed by atoms with Crippen LogP contribution >= 0.6 is 0 Å². The lowest BCUT2D eigenvalue weighted by molar-refractivity contribution is 0.168. The largest absolute Gasteiger partial charge is 0.388 e. The average Bonchev–Trinajstić information content (AvgIpc) is 2.53. The van der Waals surface area contributed by atoms with Crippen molar-refractivity contribution in [3.63, 3.8) is 0 Å². The van der Waals surface area contributed by atoms with Gasteiger partial charge < -0.3 is 15.3 Å². The third-order valence-electron chi connectivity index (χ3n) is 3.75. The SMILES string of the molecule is Cc1ccc(C(O)CCc2cccc(NC(=O)N(C)C)c2)cc1. The predicted molar refractivity (Wildman–Crippen MR) is 93.6 cm³/mol. The molecule has 2 aromatic carbocycles. The van der Waals surface area contributed by atoms with Crippen LogP contribution in [0.2, 0.25) is 0 Å². The van der Waals surface area contributed by atoms with E-state index in [2.05, 4.69) is 5.32 Å². The number of hydrogen-bond acceptors (Lipinski definition) is 2. The van der Waals surface area contributed by atoms with Gasteiger partial charge in [0, 0.05) is 19.8 Å². The third-order valence-corrected chi connectivity index (χ3v) is 3.75. The van der Waals surface area contributed by atoms with Gasteiger partial charge in [0.2, 0.25) is 0 Å². The lowest BCUT2D eigenvalue weighted by Crippen LogP contribution is -2.27. The van der Waals surface area contributed by atoms with Crippen molar-refractivity contribution >= 4 is 11.7 Å². The van der Waals surface area contributed by atoms with Gasteiger partial charge in [-0.1, -0.05) is 42.0 Å². The molecule has 1 atom stereocenters. The first-order valence-corrected chi connectivity index (χ1v) is 7.77. The number of aliphatic hydroxyl groups is 1. The summed E-state index contributed by atoms with van der Waals surface area (Å²) in [6, 6.07) is 15.5. The first-order valence-electron chi connectivity index (χ1n) is 7.77. The quantitative estimate of drug-likeness (QED) is 0.883. The molecule has 0 radical (unpaired) electrons. The summed E-state index contributed by atoms with van der Waals surface area (Å²) in [6.07, 6.45) is 0.921. The van der Waals surface area contributed by atoms with E-state index in [0.717, 1.165) is 23.2 Å². The molecule has 2 N–H and O–H groups in total. The van der Waals surface area contributed by atoms with Gasteiger partial charge in [0.25, 0.3) is 0 Å². The van der Waals surface area contributed by atoms with Crippen molar-refractivity contribution in [2.45, 2.75) is 25.9 Å². The van der Waals surface area contributed by atoms with Crippen LogP contribution in [-0.2, 0) is 6.42 Å². The molecule has 0 aromatic heterocycles. The minimum atomic E-state index is -0.476. The summed E-state index contributed by atoms with van der Waals surface area (Å²) in [4.78, 5) is 13.2. The van der Waals surface area contributed by atoms with Gasteiger partial charge >= 0.3 is 6.03 Å². The van der Waals surface area contributed by atoms with Crippen molar-refractivity contribution < 1.29 is 9.90 Å². The maximum Gasteiger partial charge on any atom is 0.321 e. The van der Waals surface area contributed by atoms with Gasteiger partial charge in [-0.3, -0.25) is 0 Å². The Morgan fingerprint density at radius 3 is 2.52 bits per heavy atom. The number of carbonyl (C=O) groups is 1. The summed E-state index contributed by atoms with van der Waals surface area (Å²) in [5.74, 6) is 0. The maximum atomic E-state index is 11.7. The average molecular weight is 312 g/mol. The molecular weight excluding hydrogens is 288 g/mol. The van der Waals surface area contributed by atoms with Crippen LogP contribution in [0, 0.1) is 6.92 Å². The Bertz CT molecular complexity index is 651. The number of hydrogen-bond donors (Lipinski definition) is 2. The summed E-state index contributed by atoms with van der Waals surface area (Å²) in [5, 5.41) is 13.1. The summed E-state index contributed by atoms with van der Waals surface area (Å²) >= 11 is 0. The fourth-order valence-electron chi connectivity index (χ4n) is 2.30. The van der Waals surface area contributed by atoms with Crippen molar-refractivity contribution in [2.24, 2.45) is 0 Å². The molecule has 0 fully saturated rings. The van der Waals surface area contributed by atoms with Gasteiger partial charge in [-0.2, -0.15) is 0 Å². The molecule has 4 heteroatoms. The van der Waals surface area contributed by atoms with Gasteiger partial charge in [0.05, 0.1) is 6.10 Å². The number of nitrogens with zero attached hydrogens (tertiary/aromatic N) is 1. The van der Waals surface area contributed by atoms with E-state index in [1.807, 2.05) is 55.5 Å². The molecule has 122 valence electrons. The van der Waals surface area contributed by atoms with Crippen molar-refractivity contribution in [2.75, 3.05) is 19.4 Å². The molecule has 0 saturated heterocycles. The highest BCUT2D eigenvalue weighted by molar-refractivity contribution is 5.88. The van der Waals surface area contributed by atoms with E-state index in [1.54, 1.807) is 14.1 Å². The van der Waals surface area contributed by atoms with Crippen LogP contribution in [0.25, 0.3) is 0 Å². The van der Waals surface area contributed by atoms with Gasteiger partial charge in [0.15, 0.2) is 0 Å². The lowest BCUT2D eigenvalue weighted by Gasteiger charge is -2.14. The highest BCUT2D eigenvalue weighted by Crippen LogP contribution is 2.21. The van der Waals surface area contributed by atoms with E-state index < -0.39 is 6.10 Å². The van der Waals surface area contributed by atoms with Crippen LogP contribution < -0.4 is 5.32 Å². The highest BCUT2D eigenvalue weighted by Gasteiger charge is 2.09. The molecule has 0 aliphatic heterocycles. The van der Waals surface area contributed by atoms with Crippen molar-refractivity contribution in [1.82, 2.24) is 4.90 Å². The van der Waals surface area contributed by atoms with E-state index >= 15 is 0 Å². The topological polar surface area (TPSA) is 52.6 Å². The van der Waals surface area contributed by atoms with Crippen LogP contribution in [0.5, 0.6) is 0 Å². The smallest absolute Gasteiger partial charge is 0.321 e. The summed E-state index contributed by atoms with van der Waals surface area (Å²) in [5.41, 5.74) is 3.98. The molecule has 1 unspecified atom stereocenters. The molecule has 4 nitrogen and oxygen atoms in total. The Balaban J connectivity index is 1.95. The number of rotatable bonds is 5. The van der Waals surface area contributed by atoms with Crippen LogP contribution in [0.4, 0.5) is 10.5 Å². The minimum Gasteiger partial charge on any atom is -0.388 e. The highest BCUT2D eigenvalue weighted by atomic mass is 16.3. The fourth-order valence-corrected chi connectivity index (χ4v) is 2.30. The zero-order valence-electron chi connectivity index (χ0n) is 13.9. The maximum absolute atomic E-state index is 11.7. The summed E-state index contributed by atoms with van der Waals surface area (Å²) in [7, 11) is 3.41. The first kappa shape index (κ1) is 17.0. The predicted octanol–water partition coefficient (Wildman–Crippen LogP) is 3.75. The van der Waals surface area contributed by atoms with E-state index in [-0.39, 0.29) is 6.03 Å². The standard InChI is InChI=1S/C19H24N2O2/c1-14-7-10-16(11-8-14)18(22)12-9-15-5-4-6-17(13-15)20-19(23)21(2)3/h4-8,10-11,13,18,22H,9,12H2,1-3H3,(H,20,23). The number of urea groups is 1. The second-order valence-electron chi connectivity index (χ2n) is 5.99. The lowest BCUT2D eigenvalue weighted by atomic mass is 10.0. The van der Waals surface area contributed by atoms with Crippen molar-refractivity contribution in [1.29, 1.82) is 0 Å². The Kier molecular flexibility index (Phi) is 5.77. The van der Waals surface area contributed by atoms with Crippen LogP contribution in [-0.4, -0.2) is 30.1 Å². The second kappa shape index (κ2) is 7.79. The number of aliphatic hydroxyl groups excluding tert-OH is 1. The number of nitrogens with one attached hydrogen (secondary N) is 1. The van der Waals surface area contributed by atoms with Gasteiger partial charge in [0.1, 0.15) is 0 Å². The van der Waals surface area contributed by atoms with E-state index in [9.17, 15) is 9.90 Å². The molecule has 0 aliphatic carbocycles. The number of amides is 2. The molecule has 0 bridgehead atoms. The van der Waals surface area contributed by atoms with E-state index in [1.165, 1.54) is 10.5 Å². The van der Waals surface area contributed by atoms with Gasteiger partial charge in [-0.05, 0) is 43.0 Å². The molecule has 0 saturated carbocycles. The Labute approximate surface area is 137 Å². The molecular formula is C19H24N2O2. The zero-order valence-corrected chi connectivity index (χ0v) is 13.9. The normalized spacial score (nSPS) is 11.8. The monoisotopic (exact) mass is 312 g/mol. The van der Waals surface area contributed by atoms with Gasteiger partial charge in [-0.25, -0.2) is 4.79 Å². The molecule has 0 aliphatic rings. The summed E-state index contributed by atoms with van der Waals surface area (Å²) in [6.45, 7) is 2.03. The summed E-state index contributed by atoms with van der Waals surface area (Å²) < 4.78 is 0. The molecule has 2 rings (SSSR count). The number of benzene rings is 2. The second-order valence-corrected chi connectivity index (χ2v) is 5.99. The van der Waals surface area contributed by atoms with Crippen molar-refractivity contribution in [3.05, 3.63) is 65.2 Å². The number of aryl methyl sites for hydroxylation is 2. The molecule has 2 aromatic rings. The third kappa shape index (κ3) is 5.11. The van der Waals surface area contributed by atoms with E-state index in [4.69, 9.17) is 0 Å². The minimum absolute atomic E-state index is 0.151. The molecule has 0 heterocycles. The Hall–Kier alpha value is -2.33. The Morgan fingerprint density at radius 1 is 1.17 bits per heavy atom. The molecule has 0 spiro atoms. The first-order chi connectivity index (χ1) is 11.0. The van der Waals surface area contributed by atoms with Crippen LogP contribution in [0.15, 0.2) is 48.5 Å². The Morgan fingerprint density at radius 2 is 1.87 bits per heavy atom. The van der Waals surface area contributed by atoms with Crippen molar-refractivity contribution in [3.8, 4) is 0 Å². The fraction of sp³-hybridized carbons (Fsp3) is 0.316. The number of anilines is 1. The van der Waals surface area contributed by atoms with Crippen LogP contribution in [0.1, 0.15) is 29.2 Å². The van der Waals surface area contributed by atoms with E-state index in [0.29, 0.717) is 6.42 Å².